The Morgan fingerprint density at radius 2 is 2.30 bits per heavy atom. The van der Waals surface area contributed by atoms with Crippen LogP contribution >= 0.6 is 15.9 Å². The van der Waals surface area contributed by atoms with E-state index in [1.54, 1.807) is 13.0 Å². The highest BCUT2D eigenvalue weighted by Gasteiger charge is 2.45. The number of rotatable bonds is 4. The van der Waals surface area contributed by atoms with E-state index < -0.39 is 16.3 Å². The van der Waals surface area contributed by atoms with Crippen molar-refractivity contribution in [2.24, 2.45) is 5.41 Å². The number of benzene rings is 1. The lowest BCUT2D eigenvalue weighted by Gasteiger charge is -2.28. The minimum Gasteiger partial charge on any atom is -0.481 e. The molecule has 0 radical (unpaired) electrons. The molecule has 7 heteroatoms. The van der Waals surface area contributed by atoms with Crippen LogP contribution in [-0.2, 0) is 4.79 Å². The van der Waals surface area contributed by atoms with Crippen LogP contribution in [-0.4, -0.2) is 22.0 Å². The fourth-order valence-corrected chi connectivity index (χ4v) is 3.06. The van der Waals surface area contributed by atoms with Crippen molar-refractivity contribution in [3.05, 3.63) is 32.8 Å². The highest BCUT2D eigenvalue weighted by Crippen LogP contribution is 2.41. The van der Waals surface area contributed by atoms with Crippen LogP contribution in [0.15, 0.2) is 22.7 Å². The third-order valence-electron chi connectivity index (χ3n) is 3.94. The topological polar surface area (TPSA) is 92.5 Å². The molecule has 0 amide bonds. The van der Waals surface area contributed by atoms with Crippen molar-refractivity contribution >= 4 is 33.3 Å². The standard InChI is InChI=1S/C13H15BrN2O4/c1-13(12(17)18)6-2-3-11(13)15-10-5-4-8(16(19)20)7-9(10)14/h4-5,7,11,15H,2-3,6H2,1H3,(H,17,18). The number of aliphatic carboxylic acids is 1. The van der Waals surface area contributed by atoms with Crippen LogP contribution in [0.4, 0.5) is 11.4 Å². The third kappa shape index (κ3) is 2.63. The first-order valence-electron chi connectivity index (χ1n) is 6.28. The molecule has 1 aromatic rings. The number of carboxylic acids is 1. The molecule has 1 aromatic carbocycles. The van der Waals surface area contributed by atoms with E-state index in [2.05, 4.69) is 21.2 Å². The summed E-state index contributed by atoms with van der Waals surface area (Å²) in [5.41, 5.74) is -0.133. The van der Waals surface area contributed by atoms with Crippen LogP contribution in [0.3, 0.4) is 0 Å². The second kappa shape index (κ2) is 5.40. The number of carbonyl (C=O) groups is 1. The number of anilines is 1. The Morgan fingerprint density at radius 3 is 2.85 bits per heavy atom. The average Bonchev–Trinajstić information content (AvgIpc) is 2.74. The van der Waals surface area contributed by atoms with Gasteiger partial charge < -0.3 is 10.4 Å². The zero-order valence-corrected chi connectivity index (χ0v) is 12.5. The molecule has 0 aliphatic heterocycles. The molecule has 1 saturated carbocycles. The Labute approximate surface area is 124 Å². The lowest BCUT2D eigenvalue weighted by atomic mass is 9.85. The average molecular weight is 343 g/mol. The van der Waals surface area contributed by atoms with Gasteiger partial charge in [0.05, 0.1) is 10.3 Å². The third-order valence-corrected chi connectivity index (χ3v) is 4.60. The number of carboxylic acid groups (broad SMARTS) is 1. The van der Waals surface area contributed by atoms with E-state index in [1.807, 2.05) is 0 Å². The van der Waals surface area contributed by atoms with Crippen LogP contribution in [0.1, 0.15) is 26.2 Å². The number of hydrogen-bond donors (Lipinski definition) is 2. The zero-order chi connectivity index (χ0) is 14.9. The Balaban J connectivity index is 2.22. The van der Waals surface area contributed by atoms with E-state index in [4.69, 9.17) is 0 Å². The molecule has 1 fully saturated rings. The fraction of sp³-hybridized carbons (Fsp3) is 0.462. The quantitative estimate of drug-likeness (QED) is 0.646. The summed E-state index contributed by atoms with van der Waals surface area (Å²) < 4.78 is 0.561. The smallest absolute Gasteiger partial charge is 0.311 e. The van der Waals surface area contributed by atoms with Crippen molar-refractivity contribution in [1.82, 2.24) is 0 Å². The summed E-state index contributed by atoms with van der Waals surface area (Å²) >= 11 is 3.28. The molecule has 2 rings (SSSR count). The van der Waals surface area contributed by atoms with Gasteiger partial charge in [0.25, 0.3) is 5.69 Å². The van der Waals surface area contributed by atoms with Gasteiger partial charge in [0.2, 0.25) is 0 Å². The SMILES string of the molecule is CC1(C(=O)O)CCCC1Nc1ccc([N+](=O)[O-])cc1Br. The van der Waals surface area contributed by atoms with Gasteiger partial charge in [0.1, 0.15) is 0 Å². The summed E-state index contributed by atoms with van der Waals surface area (Å²) in [7, 11) is 0. The Bertz CT molecular complexity index is 563. The van der Waals surface area contributed by atoms with Crippen molar-refractivity contribution in [3.8, 4) is 0 Å². The maximum atomic E-state index is 11.4. The van der Waals surface area contributed by atoms with Gasteiger partial charge in [-0.25, -0.2) is 0 Å². The van der Waals surface area contributed by atoms with E-state index in [0.717, 1.165) is 12.8 Å². The molecule has 2 N–H and O–H groups in total. The summed E-state index contributed by atoms with van der Waals surface area (Å²) in [6.07, 6.45) is 2.25. The summed E-state index contributed by atoms with van der Waals surface area (Å²) in [6, 6.07) is 4.23. The Kier molecular flexibility index (Phi) is 3.99. The lowest BCUT2D eigenvalue weighted by Crippen LogP contribution is -2.40. The minimum atomic E-state index is -0.814. The number of nitro benzene ring substituents is 1. The summed E-state index contributed by atoms with van der Waals surface area (Å²) in [5, 5.41) is 23.3. The molecular weight excluding hydrogens is 328 g/mol. The number of nitrogens with one attached hydrogen (secondary N) is 1. The maximum Gasteiger partial charge on any atom is 0.311 e. The molecule has 0 spiro atoms. The molecule has 0 aromatic heterocycles. The van der Waals surface area contributed by atoms with Crippen LogP contribution < -0.4 is 5.32 Å². The van der Waals surface area contributed by atoms with Gasteiger partial charge >= 0.3 is 5.97 Å². The van der Waals surface area contributed by atoms with E-state index in [1.165, 1.54) is 12.1 Å². The number of halogens is 1. The van der Waals surface area contributed by atoms with Gasteiger partial charge in [-0.3, -0.25) is 14.9 Å². The van der Waals surface area contributed by atoms with E-state index in [-0.39, 0.29) is 11.7 Å². The second-order valence-electron chi connectivity index (χ2n) is 5.23. The monoisotopic (exact) mass is 342 g/mol. The van der Waals surface area contributed by atoms with Gasteiger partial charge in [-0.15, -0.1) is 0 Å². The maximum absolute atomic E-state index is 11.4. The van der Waals surface area contributed by atoms with Crippen LogP contribution in [0.2, 0.25) is 0 Å². The number of non-ortho nitro benzene ring substituents is 1. The number of nitrogens with zero attached hydrogens (tertiary/aromatic N) is 1. The van der Waals surface area contributed by atoms with Crippen LogP contribution in [0.25, 0.3) is 0 Å². The molecule has 6 nitrogen and oxygen atoms in total. The van der Waals surface area contributed by atoms with Crippen molar-refractivity contribution in [3.63, 3.8) is 0 Å². The predicted molar refractivity (Wildman–Crippen MR) is 77.8 cm³/mol. The first-order chi connectivity index (χ1) is 9.34. The summed E-state index contributed by atoms with van der Waals surface area (Å²) in [6.45, 7) is 1.74. The zero-order valence-electron chi connectivity index (χ0n) is 10.9. The van der Waals surface area contributed by atoms with Crippen LogP contribution in [0.5, 0.6) is 0 Å². The highest BCUT2D eigenvalue weighted by molar-refractivity contribution is 9.10. The molecule has 2 unspecified atom stereocenters. The molecule has 20 heavy (non-hydrogen) atoms. The van der Waals surface area contributed by atoms with Gasteiger partial charge in [0, 0.05) is 28.3 Å². The first kappa shape index (κ1) is 14.8. The largest absolute Gasteiger partial charge is 0.481 e. The van der Waals surface area contributed by atoms with E-state index in [9.17, 15) is 20.0 Å². The highest BCUT2D eigenvalue weighted by atomic mass is 79.9. The molecule has 0 saturated heterocycles. The fourth-order valence-electron chi connectivity index (χ4n) is 2.58. The Morgan fingerprint density at radius 1 is 1.60 bits per heavy atom. The molecule has 0 bridgehead atoms. The number of nitro groups is 1. The molecule has 2 atom stereocenters. The first-order valence-corrected chi connectivity index (χ1v) is 7.08. The predicted octanol–water partition coefficient (Wildman–Crippen LogP) is 3.41. The lowest BCUT2D eigenvalue weighted by molar-refractivity contribution is -0.384. The second-order valence-corrected chi connectivity index (χ2v) is 6.09. The number of hydrogen-bond acceptors (Lipinski definition) is 4. The van der Waals surface area contributed by atoms with E-state index in [0.29, 0.717) is 16.6 Å². The normalized spacial score (nSPS) is 25.4. The molecular formula is C13H15BrN2O4. The van der Waals surface area contributed by atoms with Crippen molar-refractivity contribution in [2.45, 2.75) is 32.2 Å². The molecule has 1 aliphatic carbocycles. The van der Waals surface area contributed by atoms with Gasteiger partial charge in [-0.1, -0.05) is 6.42 Å². The van der Waals surface area contributed by atoms with Gasteiger partial charge in [-0.05, 0) is 41.8 Å². The molecule has 108 valence electrons. The summed E-state index contributed by atoms with van der Waals surface area (Å²) in [5.74, 6) is -0.814. The van der Waals surface area contributed by atoms with E-state index >= 15 is 0 Å². The van der Waals surface area contributed by atoms with Crippen molar-refractivity contribution in [1.29, 1.82) is 0 Å². The molecule has 1 aliphatic rings. The van der Waals surface area contributed by atoms with Gasteiger partial charge in [0.15, 0.2) is 0 Å². The van der Waals surface area contributed by atoms with Crippen LogP contribution in [0, 0.1) is 15.5 Å². The Hall–Kier alpha value is -1.63. The minimum absolute atomic E-state index is 0.00477. The molecule has 0 heterocycles. The van der Waals surface area contributed by atoms with Crippen molar-refractivity contribution < 1.29 is 14.8 Å². The van der Waals surface area contributed by atoms with Crippen molar-refractivity contribution in [2.75, 3.05) is 5.32 Å². The van der Waals surface area contributed by atoms with Gasteiger partial charge in [-0.2, -0.15) is 0 Å². The summed E-state index contributed by atoms with van der Waals surface area (Å²) in [4.78, 5) is 21.6.